The van der Waals surface area contributed by atoms with Gasteiger partial charge in [-0.25, -0.2) is 9.97 Å². The Morgan fingerprint density at radius 1 is 0.357 bits per heavy atom. The fourth-order valence-corrected chi connectivity index (χ4v) is 4.73. The molecule has 0 N–H and O–H groups in total. The van der Waals surface area contributed by atoms with Crippen LogP contribution >= 0.6 is 0 Å². The molecule has 0 saturated heterocycles. The number of rotatable bonds is 0. The summed E-state index contributed by atoms with van der Waals surface area (Å²) in [5.74, 6) is 1.57. The Labute approximate surface area is 245 Å². The molecule has 0 atom stereocenters. The van der Waals surface area contributed by atoms with Gasteiger partial charge in [0, 0.05) is 21.9 Å². The Morgan fingerprint density at radius 3 is 1.07 bits per heavy atom. The first-order chi connectivity index (χ1) is 20.8. The molecule has 2 aromatic heterocycles. The summed E-state index contributed by atoms with van der Waals surface area (Å²) in [7, 11) is 0. The highest BCUT2D eigenvalue weighted by Crippen LogP contribution is 2.30. The lowest BCUT2D eigenvalue weighted by atomic mass is 10.1. The summed E-state index contributed by atoms with van der Waals surface area (Å²) in [6.07, 6.45) is 0. The van der Waals surface area contributed by atoms with E-state index in [0.29, 0.717) is 66.1 Å². The largest absolute Gasteiger partial charge is 0.491 e. The molecule has 216 valence electrons. The van der Waals surface area contributed by atoms with Crippen LogP contribution in [0.1, 0.15) is 0 Å². The minimum absolute atomic E-state index is 0.463. The molecule has 3 aromatic carbocycles. The zero-order valence-corrected chi connectivity index (χ0v) is 23.5. The third kappa shape index (κ3) is 7.21. The number of aromatic nitrogens is 2. The van der Waals surface area contributed by atoms with E-state index < -0.39 is 0 Å². The van der Waals surface area contributed by atoms with Crippen molar-refractivity contribution in [2.45, 2.75) is 0 Å². The van der Waals surface area contributed by atoms with Gasteiger partial charge < -0.3 is 28.4 Å². The van der Waals surface area contributed by atoms with E-state index in [1.807, 2.05) is 60.7 Å². The Morgan fingerprint density at radius 2 is 0.690 bits per heavy atom. The molecule has 0 radical (unpaired) electrons. The van der Waals surface area contributed by atoms with Gasteiger partial charge in [-0.05, 0) is 60.7 Å². The molecule has 5 aromatic rings. The second-order valence-electron chi connectivity index (χ2n) is 9.80. The zero-order chi connectivity index (χ0) is 28.4. The fraction of sp³-hybridized carbons (Fsp3) is 0.294. The third-order valence-corrected chi connectivity index (χ3v) is 6.93. The van der Waals surface area contributed by atoms with Crippen molar-refractivity contribution in [3.8, 4) is 34.0 Å². The Balaban J connectivity index is 1.24. The predicted octanol–water partition coefficient (Wildman–Crippen LogP) is 5.95. The summed E-state index contributed by atoms with van der Waals surface area (Å²) in [6.45, 7) is 4.97. The van der Waals surface area contributed by atoms with Crippen molar-refractivity contribution in [2.24, 2.45) is 0 Å². The van der Waals surface area contributed by atoms with E-state index in [1.54, 1.807) is 0 Å². The van der Waals surface area contributed by atoms with Crippen LogP contribution in [0.3, 0.4) is 0 Å². The van der Waals surface area contributed by atoms with Crippen molar-refractivity contribution in [2.75, 3.05) is 66.1 Å². The van der Waals surface area contributed by atoms with E-state index in [-0.39, 0.29) is 0 Å². The van der Waals surface area contributed by atoms with Gasteiger partial charge in [-0.15, -0.1) is 0 Å². The molecular formula is C34H34N2O6. The minimum Gasteiger partial charge on any atom is -0.491 e. The minimum atomic E-state index is 0.463. The van der Waals surface area contributed by atoms with Gasteiger partial charge in [-0.1, -0.05) is 24.3 Å². The average Bonchev–Trinajstić information content (AvgIpc) is 3.04. The van der Waals surface area contributed by atoms with Crippen molar-refractivity contribution in [3.63, 3.8) is 0 Å². The molecule has 0 aliphatic carbocycles. The number of pyridine rings is 2. The monoisotopic (exact) mass is 566 g/mol. The van der Waals surface area contributed by atoms with Crippen LogP contribution in [0.2, 0.25) is 0 Å². The van der Waals surface area contributed by atoms with E-state index in [0.717, 1.165) is 55.8 Å². The van der Waals surface area contributed by atoms with Crippen molar-refractivity contribution in [3.05, 3.63) is 84.9 Å². The first-order valence-electron chi connectivity index (χ1n) is 14.3. The highest BCUT2D eigenvalue weighted by atomic mass is 16.6. The number of hydrogen-bond acceptors (Lipinski definition) is 8. The van der Waals surface area contributed by atoms with Gasteiger partial charge in [0.1, 0.15) is 24.7 Å². The SMILES string of the molecule is c1cc2ccc1OCCOCCOCCOCCOCCOc1ccc(cc1)-c1ccc3ccc4ccc-2nc4c3n1. The lowest BCUT2D eigenvalue weighted by molar-refractivity contribution is -0.00698. The molecule has 3 aliphatic rings. The first-order valence-corrected chi connectivity index (χ1v) is 14.3. The Hall–Kier alpha value is -4.08. The fourth-order valence-electron chi connectivity index (χ4n) is 4.73. The number of fused-ring (bicyclic) bond motifs is 2. The Bertz CT molecular complexity index is 1470. The Kier molecular flexibility index (Phi) is 9.49. The summed E-state index contributed by atoms with van der Waals surface area (Å²) >= 11 is 0. The second-order valence-corrected chi connectivity index (χ2v) is 9.80. The third-order valence-electron chi connectivity index (χ3n) is 6.93. The molecule has 0 spiro atoms. The molecule has 3 aliphatic heterocycles. The summed E-state index contributed by atoms with van der Waals surface area (Å²) in [4.78, 5) is 10.1. The van der Waals surface area contributed by atoms with Crippen molar-refractivity contribution in [1.29, 1.82) is 0 Å². The van der Waals surface area contributed by atoms with Crippen molar-refractivity contribution >= 4 is 21.8 Å². The molecule has 8 heteroatoms. The summed E-state index contributed by atoms with van der Waals surface area (Å²) in [5, 5.41) is 2.09. The topological polar surface area (TPSA) is 81.2 Å². The zero-order valence-electron chi connectivity index (χ0n) is 23.5. The van der Waals surface area contributed by atoms with Gasteiger partial charge in [0.15, 0.2) is 0 Å². The summed E-state index contributed by atoms with van der Waals surface area (Å²) in [5.41, 5.74) is 5.53. The smallest absolute Gasteiger partial charge is 0.119 e. The lowest BCUT2D eigenvalue weighted by Gasteiger charge is -2.11. The van der Waals surface area contributed by atoms with Gasteiger partial charge in [-0.3, -0.25) is 0 Å². The van der Waals surface area contributed by atoms with E-state index in [1.165, 1.54) is 0 Å². The van der Waals surface area contributed by atoms with E-state index in [4.69, 9.17) is 38.4 Å². The molecule has 8 rings (SSSR count). The maximum Gasteiger partial charge on any atom is 0.119 e. The van der Waals surface area contributed by atoms with Crippen LogP contribution < -0.4 is 9.47 Å². The highest BCUT2D eigenvalue weighted by Gasteiger charge is 2.10. The number of ether oxygens (including phenoxy) is 6. The van der Waals surface area contributed by atoms with Crippen LogP contribution in [0.15, 0.2) is 84.9 Å². The number of hydrogen-bond donors (Lipinski definition) is 0. The molecule has 5 heterocycles. The van der Waals surface area contributed by atoms with E-state index >= 15 is 0 Å². The van der Waals surface area contributed by atoms with Crippen LogP contribution in [-0.2, 0) is 18.9 Å². The maximum atomic E-state index is 5.85. The maximum absolute atomic E-state index is 5.85. The van der Waals surface area contributed by atoms with Crippen LogP contribution in [0.25, 0.3) is 44.3 Å². The molecule has 42 heavy (non-hydrogen) atoms. The molecule has 8 bridgehead atoms. The summed E-state index contributed by atoms with van der Waals surface area (Å²) in [6, 6.07) is 28.4. The molecule has 8 nitrogen and oxygen atoms in total. The van der Waals surface area contributed by atoms with Gasteiger partial charge in [0.25, 0.3) is 0 Å². The van der Waals surface area contributed by atoms with Gasteiger partial charge in [0.05, 0.1) is 75.3 Å². The van der Waals surface area contributed by atoms with Gasteiger partial charge >= 0.3 is 0 Å². The first kappa shape index (κ1) is 28.1. The molecule has 0 amide bonds. The quantitative estimate of drug-likeness (QED) is 0.213. The van der Waals surface area contributed by atoms with Crippen LogP contribution in [0.4, 0.5) is 0 Å². The van der Waals surface area contributed by atoms with Crippen LogP contribution in [0, 0.1) is 0 Å². The molecular weight excluding hydrogens is 532 g/mol. The lowest BCUT2D eigenvalue weighted by Crippen LogP contribution is -2.14. The number of nitrogens with zero attached hydrogens (tertiary/aromatic N) is 2. The average molecular weight is 567 g/mol. The molecule has 0 unspecified atom stereocenters. The predicted molar refractivity (Wildman–Crippen MR) is 162 cm³/mol. The van der Waals surface area contributed by atoms with Crippen molar-refractivity contribution in [1.82, 2.24) is 9.97 Å². The second kappa shape index (κ2) is 14.2. The van der Waals surface area contributed by atoms with E-state index in [2.05, 4.69) is 24.3 Å². The van der Waals surface area contributed by atoms with Crippen molar-refractivity contribution < 1.29 is 28.4 Å². The normalized spacial score (nSPS) is 16.1. The van der Waals surface area contributed by atoms with E-state index in [9.17, 15) is 0 Å². The van der Waals surface area contributed by atoms with Gasteiger partial charge in [-0.2, -0.15) is 0 Å². The van der Waals surface area contributed by atoms with Gasteiger partial charge in [0.2, 0.25) is 0 Å². The van der Waals surface area contributed by atoms with Crippen LogP contribution in [-0.4, -0.2) is 76.0 Å². The highest BCUT2D eigenvalue weighted by molar-refractivity contribution is 6.04. The van der Waals surface area contributed by atoms with Crippen LogP contribution in [0.5, 0.6) is 11.5 Å². The molecule has 0 fully saturated rings. The summed E-state index contributed by atoms with van der Waals surface area (Å²) < 4.78 is 34.0. The molecule has 0 saturated carbocycles. The standard InChI is InChI=1S/C34H34N2O6/c1-2-28-8-14-32-26-5-11-30(12-6-26)42-24-22-40-20-18-38-16-15-37-17-19-39-21-23-41-29-9-3-25(4-10-29)31-13-7-27(1)33(35-31)34(28)36-32/h1-14H,15-24H2. The number of benzene rings is 3.